The minimum absolute atomic E-state index is 0.0905. The highest BCUT2D eigenvalue weighted by Crippen LogP contribution is 2.29. The summed E-state index contributed by atoms with van der Waals surface area (Å²) in [5, 5.41) is 19.7. The van der Waals surface area contributed by atoms with Crippen LogP contribution >= 0.6 is 0 Å². The molecule has 1 aromatic heterocycles. The Morgan fingerprint density at radius 3 is 2.47 bits per heavy atom. The van der Waals surface area contributed by atoms with Crippen LogP contribution in [0.5, 0.6) is 5.75 Å². The summed E-state index contributed by atoms with van der Waals surface area (Å²) in [7, 11) is 0. The second kappa shape index (κ2) is 11.2. The number of aliphatic imine (C=N–C) groups is 1. The molecule has 7 nitrogen and oxygen atoms in total. The zero-order chi connectivity index (χ0) is 25.5. The van der Waals surface area contributed by atoms with E-state index in [4.69, 9.17) is 5.26 Å². The average molecular weight is 478 g/mol. The molecule has 0 spiro atoms. The quantitative estimate of drug-likeness (QED) is 0.461. The minimum Gasteiger partial charge on any atom is -0.507 e. The molecular weight excluding hydrogens is 450 g/mol. The number of aromatic nitrogens is 1. The Bertz CT molecular complexity index is 1370. The van der Waals surface area contributed by atoms with Crippen molar-refractivity contribution in [1.82, 2.24) is 9.88 Å². The maximum absolute atomic E-state index is 13.4. The molecule has 0 saturated heterocycles. The van der Waals surface area contributed by atoms with Gasteiger partial charge in [-0.3, -0.25) is 14.7 Å². The number of nitrogens with zero attached hydrogens (tertiary/aromatic N) is 5. The highest BCUT2D eigenvalue weighted by molar-refractivity contribution is 6.18. The second-order valence-electron chi connectivity index (χ2n) is 8.19. The third-order valence-electron chi connectivity index (χ3n) is 5.92. The number of benzene rings is 2. The fraction of sp³-hybridized carbons (Fsp3) is 0.172. The Balaban J connectivity index is 1.66. The first-order valence-electron chi connectivity index (χ1n) is 11.8. The van der Waals surface area contributed by atoms with Crippen LogP contribution in [-0.2, 0) is 11.3 Å². The standard InChI is InChI=1S/C29H27N5O2/c1-3-33(4-2)25-14-13-23(27(35)18-25)17-26-29(36)34(20-24-7-5-6-16-31-24)28(32-26)15-12-21-8-10-22(19-30)11-9-21/h5-18,35H,3-4,20H2,1-2H3/b15-12+,26-17+. The third kappa shape index (κ3) is 5.50. The highest BCUT2D eigenvalue weighted by Gasteiger charge is 2.29. The lowest BCUT2D eigenvalue weighted by molar-refractivity contribution is -0.123. The predicted molar refractivity (Wildman–Crippen MR) is 142 cm³/mol. The average Bonchev–Trinajstić information content (AvgIpc) is 3.19. The smallest absolute Gasteiger partial charge is 0.278 e. The number of phenols is 1. The van der Waals surface area contributed by atoms with Crippen molar-refractivity contribution in [2.45, 2.75) is 20.4 Å². The van der Waals surface area contributed by atoms with Crippen LogP contribution in [0.25, 0.3) is 12.2 Å². The van der Waals surface area contributed by atoms with Crippen LogP contribution in [0.3, 0.4) is 0 Å². The van der Waals surface area contributed by atoms with Crippen molar-refractivity contribution in [3.63, 3.8) is 0 Å². The van der Waals surface area contributed by atoms with Gasteiger partial charge in [0.15, 0.2) is 0 Å². The lowest BCUT2D eigenvalue weighted by Crippen LogP contribution is -2.30. The number of rotatable bonds is 8. The molecule has 3 aromatic rings. The molecule has 0 atom stereocenters. The van der Waals surface area contributed by atoms with Crippen molar-refractivity contribution < 1.29 is 9.90 Å². The first kappa shape index (κ1) is 24.4. The molecule has 1 aliphatic heterocycles. The summed E-state index contributed by atoms with van der Waals surface area (Å²) >= 11 is 0. The van der Waals surface area contributed by atoms with Crippen molar-refractivity contribution >= 4 is 29.6 Å². The summed E-state index contributed by atoms with van der Waals surface area (Å²) in [6.07, 6.45) is 6.91. The summed E-state index contributed by atoms with van der Waals surface area (Å²) in [5.41, 5.74) is 3.87. The third-order valence-corrected chi connectivity index (χ3v) is 5.92. The topological polar surface area (TPSA) is 92.8 Å². The van der Waals surface area contributed by atoms with Gasteiger partial charge in [-0.1, -0.05) is 24.3 Å². The number of hydrogen-bond acceptors (Lipinski definition) is 6. The fourth-order valence-electron chi connectivity index (χ4n) is 3.93. The van der Waals surface area contributed by atoms with Gasteiger partial charge in [0.1, 0.15) is 17.3 Å². The van der Waals surface area contributed by atoms with Crippen molar-refractivity contribution in [1.29, 1.82) is 5.26 Å². The molecule has 0 unspecified atom stereocenters. The van der Waals surface area contributed by atoms with Gasteiger partial charge in [-0.15, -0.1) is 0 Å². The van der Waals surface area contributed by atoms with Crippen LogP contribution in [0.15, 0.2) is 83.6 Å². The molecule has 0 saturated carbocycles. The van der Waals surface area contributed by atoms with E-state index in [1.165, 1.54) is 0 Å². The van der Waals surface area contributed by atoms with Gasteiger partial charge in [0.2, 0.25) is 0 Å². The lowest BCUT2D eigenvalue weighted by atomic mass is 10.1. The Kier molecular flexibility index (Phi) is 7.57. The van der Waals surface area contributed by atoms with Crippen LogP contribution in [0, 0.1) is 11.3 Å². The van der Waals surface area contributed by atoms with E-state index in [0.717, 1.165) is 30.0 Å². The lowest BCUT2D eigenvalue weighted by Gasteiger charge is -2.21. The monoisotopic (exact) mass is 477 g/mol. The summed E-state index contributed by atoms with van der Waals surface area (Å²) in [6.45, 7) is 6.05. The van der Waals surface area contributed by atoms with Crippen LogP contribution in [0.1, 0.15) is 36.2 Å². The number of amides is 1. The van der Waals surface area contributed by atoms with Crippen molar-refractivity contribution in [3.05, 3.63) is 101 Å². The molecule has 180 valence electrons. The van der Waals surface area contributed by atoms with Crippen LogP contribution in [0.4, 0.5) is 5.69 Å². The number of carbonyl (C=O) groups excluding carboxylic acids is 1. The number of anilines is 1. The summed E-state index contributed by atoms with van der Waals surface area (Å²) < 4.78 is 0. The van der Waals surface area contributed by atoms with E-state index in [2.05, 4.69) is 34.8 Å². The molecule has 1 N–H and O–H groups in total. The molecule has 0 aliphatic carbocycles. The number of phenolic OH excluding ortho intramolecular Hbond substituents is 1. The molecule has 0 fully saturated rings. The van der Waals surface area contributed by atoms with Gasteiger partial charge >= 0.3 is 0 Å². The zero-order valence-corrected chi connectivity index (χ0v) is 20.3. The Hall–Kier alpha value is -4.70. The molecule has 36 heavy (non-hydrogen) atoms. The maximum Gasteiger partial charge on any atom is 0.278 e. The van der Waals surface area contributed by atoms with Crippen LogP contribution in [0.2, 0.25) is 0 Å². The Morgan fingerprint density at radius 2 is 1.83 bits per heavy atom. The maximum atomic E-state index is 13.4. The molecule has 0 radical (unpaired) electrons. The first-order chi connectivity index (χ1) is 17.5. The summed E-state index contributed by atoms with van der Waals surface area (Å²) in [4.78, 5) is 26.0. The second-order valence-corrected chi connectivity index (χ2v) is 8.19. The van der Waals surface area contributed by atoms with E-state index in [1.54, 1.807) is 47.5 Å². The van der Waals surface area contributed by atoms with Crippen molar-refractivity contribution in [2.75, 3.05) is 18.0 Å². The van der Waals surface area contributed by atoms with E-state index < -0.39 is 0 Å². The van der Waals surface area contributed by atoms with Crippen LogP contribution in [-0.4, -0.2) is 39.8 Å². The fourth-order valence-corrected chi connectivity index (χ4v) is 3.93. The van der Waals surface area contributed by atoms with E-state index in [0.29, 0.717) is 17.0 Å². The molecular formula is C29H27N5O2. The number of hydrogen-bond donors (Lipinski definition) is 1. The molecule has 1 aliphatic rings. The summed E-state index contributed by atoms with van der Waals surface area (Å²) in [5.74, 6) is 0.292. The van der Waals surface area contributed by atoms with E-state index in [9.17, 15) is 9.90 Å². The van der Waals surface area contributed by atoms with E-state index >= 15 is 0 Å². The van der Waals surface area contributed by atoms with Gasteiger partial charge in [0.05, 0.1) is 23.9 Å². The van der Waals surface area contributed by atoms with Gasteiger partial charge < -0.3 is 10.0 Å². The van der Waals surface area contributed by atoms with Gasteiger partial charge in [-0.2, -0.15) is 5.26 Å². The molecule has 1 amide bonds. The van der Waals surface area contributed by atoms with Gasteiger partial charge in [0, 0.05) is 36.6 Å². The largest absolute Gasteiger partial charge is 0.507 e. The molecule has 7 heteroatoms. The van der Waals surface area contributed by atoms with Gasteiger partial charge in [-0.05, 0) is 68.0 Å². The molecule has 4 rings (SSSR count). The number of pyridine rings is 1. The number of aromatic hydroxyl groups is 1. The van der Waals surface area contributed by atoms with Gasteiger partial charge in [-0.25, -0.2) is 4.99 Å². The highest BCUT2D eigenvalue weighted by atomic mass is 16.3. The Labute approximate surface area is 211 Å². The minimum atomic E-state index is -0.271. The number of carbonyl (C=O) groups is 1. The van der Waals surface area contributed by atoms with E-state index in [1.807, 2.05) is 42.5 Å². The normalized spacial score (nSPS) is 14.4. The number of nitriles is 1. The molecule has 2 aromatic carbocycles. The van der Waals surface area contributed by atoms with Crippen molar-refractivity contribution in [2.24, 2.45) is 4.99 Å². The van der Waals surface area contributed by atoms with Crippen molar-refractivity contribution in [3.8, 4) is 11.8 Å². The predicted octanol–water partition coefficient (Wildman–Crippen LogP) is 5.00. The summed E-state index contributed by atoms with van der Waals surface area (Å²) in [6, 6.07) is 20.2. The SMILES string of the molecule is CCN(CC)c1ccc(/C=C2N=C(/C=C/c3ccc(C#N)cc3)N(Cc3ccccn3)C/2=O)c(O)c1. The van der Waals surface area contributed by atoms with E-state index in [-0.39, 0.29) is 23.9 Å². The first-order valence-corrected chi connectivity index (χ1v) is 11.8. The van der Waals surface area contributed by atoms with Gasteiger partial charge in [0.25, 0.3) is 5.91 Å². The Morgan fingerprint density at radius 1 is 1.06 bits per heavy atom. The molecule has 2 heterocycles. The van der Waals surface area contributed by atoms with Crippen LogP contribution < -0.4 is 4.90 Å². The zero-order valence-electron chi connectivity index (χ0n) is 20.3. The molecule has 0 bridgehead atoms. The number of amidine groups is 1.